The standard InChI is InChI=1S/C28H36F3NO3/c1-17-6-11-20(12-7-17)35-23-13-10-19-9-8-18(15-21(19)25(23)28(29,30)31)5-4-14-32-24-16-22(26(33)34)27(24,2)3/h8-10,13,15,17,20,22,24,32H,4-7,11-12,14,16H2,1-3H3,(H,33,34)/t17-,20+,22?,24?. The second-order valence-corrected chi connectivity index (χ2v) is 11.0. The lowest BCUT2D eigenvalue weighted by atomic mass is 9.58. The zero-order chi connectivity index (χ0) is 25.4. The van der Waals surface area contributed by atoms with Gasteiger partial charge >= 0.3 is 12.1 Å². The first-order valence-electron chi connectivity index (χ1n) is 12.7. The SMILES string of the molecule is CC1(C)C(NCCCc2ccc3ccc(O[C@H]4CC[C@@H](C)CC4)c(C(F)(F)F)c3c2)CC1C(=O)O. The Kier molecular flexibility index (Phi) is 7.37. The second kappa shape index (κ2) is 10.00. The number of aliphatic carboxylic acids is 1. The van der Waals surface area contributed by atoms with E-state index < -0.39 is 17.7 Å². The van der Waals surface area contributed by atoms with Gasteiger partial charge in [-0.3, -0.25) is 4.79 Å². The van der Waals surface area contributed by atoms with Gasteiger partial charge in [-0.1, -0.05) is 45.0 Å². The molecule has 2 aliphatic rings. The van der Waals surface area contributed by atoms with Gasteiger partial charge in [-0.15, -0.1) is 0 Å². The van der Waals surface area contributed by atoms with Crippen LogP contribution in [0.3, 0.4) is 0 Å². The van der Waals surface area contributed by atoms with Crippen LogP contribution in [0, 0.1) is 17.3 Å². The molecule has 4 nitrogen and oxygen atoms in total. The lowest BCUT2D eigenvalue weighted by molar-refractivity contribution is -0.155. The van der Waals surface area contributed by atoms with Crippen molar-refractivity contribution in [2.75, 3.05) is 6.54 Å². The summed E-state index contributed by atoms with van der Waals surface area (Å²) in [6.45, 7) is 6.78. The number of hydrogen-bond acceptors (Lipinski definition) is 3. The molecule has 4 rings (SSSR count). The van der Waals surface area contributed by atoms with E-state index in [4.69, 9.17) is 4.74 Å². The summed E-state index contributed by atoms with van der Waals surface area (Å²) in [5.74, 6) is -0.566. The van der Waals surface area contributed by atoms with Crippen LogP contribution in [0.15, 0.2) is 30.3 Å². The van der Waals surface area contributed by atoms with Crippen LogP contribution in [0.1, 0.15) is 70.4 Å². The topological polar surface area (TPSA) is 58.6 Å². The van der Waals surface area contributed by atoms with Crippen LogP contribution in [0.4, 0.5) is 13.2 Å². The Balaban J connectivity index is 1.45. The molecule has 0 spiro atoms. The third-order valence-electron chi connectivity index (χ3n) is 8.19. The second-order valence-electron chi connectivity index (χ2n) is 11.0. The lowest BCUT2D eigenvalue weighted by Crippen LogP contribution is -2.59. The molecule has 2 saturated carbocycles. The fourth-order valence-corrected chi connectivity index (χ4v) is 5.68. The number of nitrogens with one attached hydrogen (secondary N) is 1. The third kappa shape index (κ3) is 5.60. The van der Waals surface area contributed by atoms with Crippen molar-refractivity contribution in [1.82, 2.24) is 5.32 Å². The summed E-state index contributed by atoms with van der Waals surface area (Å²) in [6.07, 6.45) is 0.858. The van der Waals surface area contributed by atoms with E-state index in [2.05, 4.69) is 12.2 Å². The Morgan fingerprint density at radius 1 is 1.14 bits per heavy atom. The van der Waals surface area contributed by atoms with Crippen LogP contribution in [0.25, 0.3) is 10.8 Å². The molecule has 2 N–H and O–H groups in total. The molecular formula is C28H36F3NO3. The van der Waals surface area contributed by atoms with Crippen molar-refractivity contribution in [3.8, 4) is 5.75 Å². The van der Waals surface area contributed by atoms with Crippen LogP contribution in [0.2, 0.25) is 0 Å². The molecule has 0 amide bonds. The number of fused-ring (bicyclic) bond motifs is 1. The predicted molar refractivity (Wildman–Crippen MR) is 131 cm³/mol. The smallest absolute Gasteiger partial charge is 0.420 e. The highest BCUT2D eigenvalue weighted by Crippen LogP contribution is 2.46. The van der Waals surface area contributed by atoms with Crippen LogP contribution in [-0.2, 0) is 17.4 Å². The summed E-state index contributed by atoms with van der Waals surface area (Å²) in [7, 11) is 0. The first-order valence-corrected chi connectivity index (χ1v) is 12.7. The predicted octanol–water partition coefficient (Wildman–Crippen LogP) is 6.84. The van der Waals surface area contributed by atoms with Gasteiger partial charge in [-0.25, -0.2) is 0 Å². The minimum atomic E-state index is -4.51. The van der Waals surface area contributed by atoms with E-state index in [9.17, 15) is 23.1 Å². The largest absolute Gasteiger partial charge is 0.490 e. The summed E-state index contributed by atoms with van der Waals surface area (Å²) < 4.78 is 48.5. The van der Waals surface area contributed by atoms with Gasteiger partial charge in [-0.2, -0.15) is 13.2 Å². The molecule has 192 valence electrons. The van der Waals surface area contributed by atoms with E-state index in [1.54, 1.807) is 18.2 Å². The quantitative estimate of drug-likeness (QED) is 0.397. The first-order chi connectivity index (χ1) is 16.5. The molecule has 0 aromatic heterocycles. The molecule has 2 unspecified atom stereocenters. The molecule has 2 aromatic rings. The summed E-state index contributed by atoms with van der Waals surface area (Å²) in [4.78, 5) is 11.3. The highest BCUT2D eigenvalue weighted by molar-refractivity contribution is 5.89. The minimum absolute atomic E-state index is 0.0661. The Morgan fingerprint density at radius 2 is 1.83 bits per heavy atom. The molecule has 2 aliphatic carbocycles. The summed E-state index contributed by atoms with van der Waals surface area (Å²) in [5.41, 5.74) is -0.127. The molecule has 0 bridgehead atoms. The van der Waals surface area contributed by atoms with Gasteiger partial charge in [0.15, 0.2) is 0 Å². The number of alkyl halides is 3. The average Bonchev–Trinajstić information content (AvgIpc) is 2.78. The highest BCUT2D eigenvalue weighted by atomic mass is 19.4. The normalized spacial score (nSPS) is 26.3. The maximum absolute atomic E-state index is 14.2. The highest BCUT2D eigenvalue weighted by Gasteiger charge is 2.51. The van der Waals surface area contributed by atoms with Crippen LogP contribution in [-0.4, -0.2) is 29.8 Å². The number of rotatable bonds is 8. The number of aryl methyl sites for hydroxylation is 1. The van der Waals surface area contributed by atoms with Crippen LogP contribution >= 0.6 is 0 Å². The summed E-state index contributed by atoms with van der Waals surface area (Å²) >= 11 is 0. The van der Waals surface area contributed by atoms with Gasteiger partial charge in [0.1, 0.15) is 11.3 Å². The van der Waals surface area contributed by atoms with Gasteiger partial charge in [0.2, 0.25) is 0 Å². The number of hydrogen-bond donors (Lipinski definition) is 2. The van der Waals surface area contributed by atoms with E-state index in [1.165, 1.54) is 6.07 Å². The van der Waals surface area contributed by atoms with Crippen molar-refractivity contribution in [1.29, 1.82) is 0 Å². The fourth-order valence-electron chi connectivity index (χ4n) is 5.68. The number of halogens is 3. The van der Waals surface area contributed by atoms with Gasteiger partial charge in [-0.05, 0) is 85.2 Å². The number of carboxylic acids is 1. The van der Waals surface area contributed by atoms with Gasteiger partial charge in [0, 0.05) is 6.04 Å². The monoisotopic (exact) mass is 491 g/mol. The van der Waals surface area contributed by atoms with Gasteiger partial charge < -0.3 is 15.2 Å². The van der Waals surface area contributed by atoms with Crippen LogP contribution in [0.5, 0.6) is 5.75 Å². The average molecular weight is 492 g/mol. The number of ether oxygens (including phenoxy) is 1. The molecule has 35 heavy (non-hydrogen) atoms. The summed E-state index contributed by atoms with van der Waals surface area (Å²) in [6, 6.07) is 8.62. The molecule has 2 fully saturated rings. The number of carbonyl (C=O) groups is 1. The van der Waals surface area contributed by atoms with E-state index >= 15 is 0 Å². The van der Waals surface area contributed by atoms with E-state index in [0.717, 1.165) is 37.7 Å². The van der Waals surface area contributed by atoms with Crippen molar-refractivity contribution in [3.05, 3.63) is 41.5 Å². The fraction of sp³-hybridized carbons (Fsp3) is 0.607. The Labute approximate surface area is 205 Å². The molecule has 0 heterocycles. The van der Waals surface area contributed by atoms with E-state index in [-0.39, 0.29) is 34.6 Å². The van der Waals surface area contributed by atoms with Crippen molar-refractivity contribution in [3.63, 3.8) is 0 Å². The molecule has 2 aromatic carbocycles. The number of benzene rings is 2. The molecule has 0 aliphatic heterocycles. The van der Waals surface area contributed by atoms with Gasteiger partial charge in [0.25, 0.3) is 0 Å². The summed E-state index contributed by atoms with van der Waals surface area (Å²) in [5, 5.41) is 13.5. The van der Waals surface area contributed by atoms with Gasteiger partial charge in [0.05, 0.1) is 12.0 Å². The maximum Gasteiger partial charge on any atom is 0.420 e. The van der Waals surface area contributed by atoms with E-state index in [1.807, 2.05) is 19.9 Å². The van der Waals surface area contributed by atoms with Crippen molar-refractivity contribution < 1.29 is 27.8 Å². The first kappa shape index (κ1) is 25.8. The molecule has 0 radical (unpaired) electrons. The zero-order valence-electron chi connectivity index (χ0n) is 20.8. The number of carboxylic acid groups (broad SMARTS) is 1. The molecular weight excluding hydrogens is 455 g/mol. The van der Waals surface area contributed by atoms with Crippen molar-refractivity contribution in [2.45, 2.75) is 84.0 Å². The Bertz CT molecular complexity index is 1060. The zero-order valence-corrected chi connectivity index (χ0v) is 20.8. The Morgan fingerprint density at radius 3 is 2.46 bits per heavy atom. The maximum atomic E-state index is 14.2. The molecule has 7 heteroatoms. The van der Waals surface area contributed by atoms with E-state index in [0.29, 0.717) is 30.7 Å². The third-order valence-corrected chi connectivity index (χ3v) is 8.19. The van der Waals surface area contributed by atoms with Crippen molar-refractivity contribution in [2.24, 2.45) is 17.3 Å². The van der Waals surface area contributed by atoms with Crippen molar-refractivity contribution >= 4 is 16.7 Å². The minimum Gasteiger partial charge on any atom is -0.490 e. The Hall–Kier alpha value is -2.28. The van der Waals surface area contributed by atoms with Crippen LogP contribution < -0.4 is 10.1 Å². The molecule has 0 saturated heterocycles. The lowest BCUT2D eigenvalue weighted by Gasteiger charge is -2.50. The molecule has 2 atom stereocenters.